The number of carbonyl (C=O) groups is 2. The summed E-state index contributed by atoms with van der Waals surface area (Å²) in [6.07, 6.45) is 9.34. The highest BCUT2D eigenvalue weighted by molar-refractivity contribution is 7.90. The number of carbonyl (C=O) groups excluding carboxylic acids is 2. The zero-order chi connectivity index (χ0) is 21.0. The summed E-state index contributed by atoms with van der Waals surface area (Å²) in [7, 11) is -3.45. The number of sulfone groups is 1. The van der Waals surface area contributed by atoms with Gasteiger partial charge in [0, 0.05) is 6.26 Å². The predicted octanol–water partition coefficient (Wildman–Crippen LogP) is 3.65. The van der Waals surface area contributed by atoms with Gasteiger partial charge in [-0.05, 0) is 30.0 Å². The standard InChI is InChI=1S/C20H22ClN3O4S/c1-29(27,28)18-7-6-14(9-17(18)21)16(8-13-4-2-3-5-13)20(26)24-19-11-22-15(12-25)10-23-19/h6-7,9-13,16H,2-5,8H2,1H3,(H,23,24,26)/t16-/m1/s1. The highest BCUT2D eigenvalue weighted by atomic mass is 35.5. The van der Waals surface area contributed by atoms with Crippen molar-refractivity contribution in [3.05, 3.63) is 46.9 Å². The second-order valence-corrected chi connectivity index (χ2v) is 9.73. The van der Waals surface area contributed by atoms with Gasteiger partial charge in [-0.3, -0.25) is 9.59 Å². The fraction of sp³-hybridized carbons (Fsp3) is 0.400. The Morgan fingerprint density at radius 1 is 1.28 bits per heavy atom. The summed E-state index contributed by atoms with van der Waals surface area (Å²) in [4.78, 5) is 31.7. The van der Waals surface area contributed by atoms with Gasteiger partial charge in [0.15, 0.2) is 21.9 Å². The summed E-state index contributed by atoms with van der Waals surface area (Å²) < 4.78 is 23.7. The van der Waals surface area contributed by atoms with E-state index < -0.39 is 15.8 Å². The van der Waals surface area contributed by atoms with Crippen LogP contribution in [-0.4, -0.2) is 36.8 Å². The van der Waals surface area contributed by atoms with Crippen molar-refractivity contribution in [2.24, 2.45) is 5.92 Å². The Morgan fingerprint density at radius 2 is 2.00 bits per heavy atom. The van der Waals surface area contributed by atoms with Crippen molar-refractivity contribution < 1.29 is 18.0 Å². The van der Waals surface area contributed by atoms with E-state index in [1.165, 1.54) is 18.5 Å². The van der Waals surface area contributed by atoms with Crippen molar-refractivity contribution in [1.82, 2.24) is 9.97 Å². The first kappa shape index (κ1) is 21.4. The van der Waals surface area contributed by atoms with Crippen LogP contribution in [0.4, 0.5) is 5.82 Å². The molecule has 0 aliphatic heterocycles. The highest BCUT2D eigenvalue weighted by Crippen LogP contribution is 2.36. The van der Waals surface area contributed by atoms with Crippen LogP contribution in [0.5, 0.6) is 0 Å². The zero-order valence-corrected chi connectivity index (χ0v) is 17.5. The molecular weight excluding hydrogens is 414 g/mol. The third kappa shape index (κ3) is 5.39. The molecule has 154 valence electrons. The number of aromatic nitrogens is 2. The predicted molar refractivity (Wildman–Crippen MR) is 110 cm³/mol. The average molecular weight is 436 g/mol. The maximum absolute atomic E-state index is 13.0. The number of halogens is 1. The number of amides is 1. The van der Waals surface area contributed by atoms with Gasteiger partial charge in [-0.2, -0.15) is 0 Å². The van der Waals surface area contributed by atoms with Gasteiger partial charge in [-0.15, -0.1) is 0 Å². The molecular formula is C20H22ClN3O4S. The van der Waals surface area contributed by atoms with E-state index in [4.69, 9.17) is 11.6 Å². The number of hydrogen-bond acceptors (Lipinski definition) is 6. The molecule has 1 aromatic heterocycles. The molecule has 0 bridgehead atoms. The first-order valence-corrected chi connectivity index (χ1v) is 11.6. The van der Waals surface area contributed by atoms with Gasteiger partial charge in [-0.25, -0.2) is 18.4 Å². The van der Waals surface area contributed by atoms with Crippen LogP contribution in [0.3, 0.4) is 0 Å². The molecule has 7 nitrogen and oxygen atoms in total. The third-order valence-electron chi connectivity index (χ3n) is 5.16. The van der Waals surface area contributed by atoms with E-state index in [9.17, 15) is 18.0 Å². The molecule has 3 rings (SSSR count). The van der Waals surface area contributed by atoms with Crippen LogP contribution in [-0.2, 0) is 14.6 Å². The second kappa shape index (κ2) is 9.00. The first-order chi connectivity index (χ1) is 13.8. The number of nitrogens with one attached hydrogen (secondary N) is 1. The minimum absolute atomic E-state index is 0.0401. The molecule has 1 N–H and O–H groups in total. The lowest BCUT2D eigenvalue weighted by Gasteiger charge is -2.21. The first-order valence-electron chi connectivity index (χ1n) is 9.35. The fourth-order valence-corrected chi connectivity index (χ4v) is 5.02. The van der Waals surface area contributed by atoms with E-state index in [2.05, 4.69) is 15.3 Å². The number of rotatable bonds is 7. The molecule has 1 aliphatic carbocycles. The van der Waals surface area contributed by atoms with Crippen LogP contribution < -0.4 is 5.32 Å². The van der Waals surface area contributed by atoms with Crippen molar-refractivity contribution >= 4 is 39.4 Å². The summed E-state index contributed by atoms with van der Waals surface area (Å²) in [5, 5.41) is 2.84. The SMILES string of the molecule is CS(=O)(=O)c1ccc([C@@H](CC2CCCC2)C(=O)Nc2cnc(C=O)cn2)cc1Cl. The van der Waals surface area contributed by atoms with E-state index in [1.54, 1.807) is 12.1 Å². The van der Waals surface area contributed by atoms with Crippen molar-refractivity contribution in [3.63, 3.8) is 0 Å². The number of aldehydes is 1. The molecule has 2 aromatic rings. The van der Waals surface area contributed by atoms with Crippen LogP contribution >= 0.6 is 11.6 Å². The minimum atomic E-state index is -3.45. The van der Waals surface area contributed by atoms with Gasteiger partial charge in [0.1, 0.15) is 5.69 Å². The highest BCUT2D eigenvalue weighted by Gasteiger charge is 2.28. The van der Waals surface area contributed by atoms with E-state index in [1.807, 2.05) is 0 Å². The third-order valence-corrected chi connectivity index (χ3v) is 6.74. The van der Waals surface area contributed by atoms with E-state index in [0.29, 0.717) is 24.2 Å². The van der Waals surface area contributed by atoms with E-state index >= 15 is 0 Å². The number of nitrogens with zero attached hydrogens (tertiary/aromatic N) is 2. The van der Waals surface area contributed by atoms with E-state index in [-0.39, 0.29) is 27.3 Å². The molecule has 0 radical (unpaired) electrons. The summed E-state index contributed by atoms with van der Waals surface area (Å²) in [5.41, 5.74) is 0.831. The van der Waals surface area contributed by atoms with Crippen LogP contribution in [0.25, 0.3) is 0 Å². The number of anilines is 1. The van der Waals surface area contributed by atoms with Crippen molar-refractivity contribution in [2.45, 2.75) is 42.9 Å². The summed E-state index contributed by atoms with van der Waals surface area (Å²) in [6, 6.07) is 4.64. The molecule has 1 amide bonds. The van der Waals surface area contributed by atoms with Crippen molar-refractivity contribution in [2.75, 3.05) is 11.6 Å². The lowest BCUT2D eigenvalue weighted by molar-refractivity contribution is -0.118. The molecule has 1 aromatic carbocycles. The Morgan fingerprint density at radius 3 is 2.55 bits per heavy atom. The fourth-order valence-electron chi connectivity index (χ4n) is 3.69. The quantitative estimate of drug-likeness (QED) is 0.665. The Bertz CT molecular complexity index is 1000. The van der Waals surface area contributed by atoms with Crippen LogP contribution in [0.2, 0.25) is 5.02 Å². The van der Waals surface area contributed by atoms with Gasteiger partial charge in [0.25, 0.3) is 0 Å². The van der Waals surface area contributed by atoms with Gasteiger partial charge in [0.2, 0.25) is 5.91 Å². The molecule has 1 atom stereocenters. The van der Waals surface area contributed by atoms with Gasteiger partial charge >= 0.3 is 0 Å². The second-order valence-electron chi connectivity index (χ2n) is 7.33. The summed E-state index contributed by atoms with van der Waals surface area (Å²) >= 11 is 6.21. The molecule has 0 unspecified atom stereocenters. The van der Waals surface area contributed by atoms with Crippen LogP contribution in [0.15, 0.2) is 35.5 Å². The van der Waals surface area contributed by atoms with Crippen LogP contribution in [0.1, 0.15) is 54.1 Å². The van der Waals surface area contributed by atoms with Gasteiger partial charge in [-0.1, -0.05) is 43.4 Å². The topological polar surface area (TPSA) is 106 Å². The maximum Gasteiger partial charge on any atom is 0.233 e. The molecule has 29 heavy (non-hydrogen) atoms. The number of hydrogen-bond donors (Lipinski definition) is 1. The zero-order valence-electron chi connectivity index (χ0n) is 16.0. The normalized spacial score (nSPS) is 15.8. The minimum Gasteiger partial charge on any atom is -0.309 e. The summed E-state index contributed by atoms with van der Waals surface area (Å²) in [5.74, 6) is -0.108. The van der Waals surface area contributed by atoms with Crippen molar-refractivity contribution in [1.29, 1.82) is 0 Å². The molecule has 1 aliphatic rings. The van der Waals surface area contributed by atoms with E-state index in [0.717, 1.165) is 31.9 Å². The lowest BCUT2D eigenvalue weighted by atomic mass is 9.87. The average Bonchev–Trinajstić information content (AvgIpc) is 3.19. The molecule has 9 heteroatoms. The largest absolute Gasteiger partial charge is 0.309 e. The Kier molecular flexibility index (Phi) is 6.64. The van der Waals surface area contributed by atoms with Gasteiger partial charge in [0.05, 0.1) is 28.2 Å². The number of benzene rings is 1. The van der Waals surface area contributed by atoms with Crippen molar-refractivity contribution in [3.8, 4) is 0 Å². The molecule has 1 fully saturated rings. The van der Waals surface area contributed by atoms with Crippen LogP contribution in [0, 0.1) is 5.92 Å². The Hall–Kier alpha value is -2.32. The smallest absolute Gasteiger partial charge is 0.233 e. The molecule has 1 heterocycles. The molecule has 1 saturated carbocycles. The van der Waals surface area contributed by atoms with Gasteiger partial charge < -0.3 is 5.32 Å². The Balaban J connectivity index is 1.88. The summed E-state index contributed by atoms with van der Waals surface area (Å²) in [6.45, 7) is 0. The monoisotopic (exact) mass is 435 g/mol. The maximum atomic E-state index is 13.0. The Labute approximate surface area is 174 Å². The molecule has 0 spiro atoms. The molecule has 0 saturated heterocycles. The lowest BCUT2D eigenvalue weighted by Crippen LogP contribution is -2.24.